The minimum atomic E-state index is -0.560. The number of nitrogens with zero attached hydrogens (tertiary/aromatic N) is 2. The molecule has 0 unspecified atom stereocenters. The summed E-state index contributed by atoms with van der Waals surface area (Å²) < 4.78 is 5.02. The van der Waals surface area contributed by atoms with E-state index in [0.29, 0.717) is 5.69 Å². The summed E-state index contributed by atoms with van der Waals surface area (Å²) >= 11 is 0. The fraction of sp³-hybridized carbons (Fsp3) is 0.417. The van der Waals surface area contributed by atoms with Gasteiger partial charge >= 0.3 is 5.97 Å². The van der Waals surface area contributed by atoms with Crippen molar-refractivity contribution in [2.24, 2.45) is 0 Å². The quantitative estimate of drug-likeness (QED) is 0.489. The van der Waals surface area contributed by atoms with Crippen LogP contribution in [0.4, 0.5) is 0 Å². The van der Waals surface area contributed by atoms with E-state index in [1.54, 1.807) is 32.9 Å². The first kappa shape index (κ1) is 12.2. The van der Waals surface area contributed by atoms with Gasteiger partial charge in [0.05, 0.1) is 5.69 Å². The van der Waals surface area contributed by atoms with E-state index in [9.17, 15) is 4.79 Å². The van der Waals surface area contributed by atoms with Gasteiger partial charge in [0.1, 0.15) is 11.3 Å². The maximum atomic E-state index is 11.3. The molecule has 0 atom stereocenters. The van der Waals surface area contributed by atoms with Crippen LogP contribution in [-0.2, 0) is 9.53 Å². The summed E-state index contributed by atoms with van der Waals surface area (Å²) in [4.78, 5) is 11.3. The second kappa shape index (κ2) is 4.75. The van der Waals surface area contributed by atoms with Crippen LogP contribution in [0.1, 0.15) is 32.2 Å². The summed E-state index contributed by atoms with van der Waals surface area (Å²) in [5, 5.41) is 7.64. The molecule has 4 nitrogen and oxygen atoms in total. The van der Waals surface area contributed by atoms with E-state index in [1.807, 2.05) is 6.92 Å². The van der Waals surface area contributed by atoms with Crippen LogP contribution < -0.4 is 0 Å². The van der Waals surface area contributed by atoms with Gasteiger partial charge in [0.25, 0.3) is 0 Å². The maximum absolute atomic E-state index is 11.3. The molecule has 0 aliphatic heterocycles. The highest BCUT2D eigenvalue weighted by molar-refractivity contribution is 5.89. The predicted molar refractivity (Wildman–Crippen MR) is 59.5 cm³/mol. The summed E-state index contributed by atoms with van der Waals surface area (Å²) in [5.41, 5.74) is 0.740. The number of hydrogen-bond acceptors (Lipinski definition) is 4. The number of carbonyl (C=O) groups excluding carboxylic acids is 1. The molecule has 0 spiro atoms. The molecule has 0 fully saturated rings. The SMILES string of the molecule is Cc1ccc(C#CC(=O)OC(C)(C)C)nn1. The Morgan fingerprint density at radius 2 is 2.00 bits per heavy atom. The lowest BCUT2D eigenvalue weighted by Gasteiger charge is -2.16. The number of ether oxygens (including phenoxy) is 1. The predicted octanol–water partition coefficient (Wildman–Crippen LogP) is 1.48. The number of rotatable bonds is 0. The van der Waals surface area contributed by atoms with Gasteiger partial charge in [-0.15, -0.1) is 5.10 Å². The summed E-state index contributed by atoms with van der Waals surface area (Å²) in [6.45, 7) is 7.20. The molecule has 0 saturated heterocycles. The molecular formula is C12H14N2O2. The number of carbonyl (C=O) groups is 1. The smallest absolute Gasteiger partial charge is 0.385 e. The third kappa shape index (κ3) is 4.56. The van der Waals surface area contributed by atoms with E-state index in [-0.39, 0.29) is 0 Å². The van der Waals surface area contributed by atoms with Gasteiger partial charge in [-0.1, -0.05) is 0 Å². The molecule has 1 rings (SSSR count). The van der Waals surface area contributed by atoms with E-state index in [2.05, 4.69) is 22.0 Å². The van der Waals surface area contributed by atoms with Crippen molar-refractivity contribution in [1.29, 1.82) is 0 Å². The second-order valence-electron chi connectivity index (χ2n) is 4.31. The van der Waals surface area contributed by atoms with Crippen LogP contribution in [0.2, 0.25) is 0 Å². The molecule has 0 bridgehead atoms. The van der Waals surface area contributed by atoms with Gasteiger partial charge in [-0.2, -0.15) is 5.10 Å². The molecular weight excluding hydrogens is 204 g/mol. The molecule has 84 valence electrons. The Bertz CT molecular complexity index is 433. The minimum Gasteiger partial charge on any atom is -0.450 e. The average molecular weight is 218 g/mol. The van der Waals surface area contributed by atoms with E-state index >= 15 is 0 Å². The first-order valence-corrected chi connectivity index (χ1v) is 4.92. The number of hydrogen-bond donors (Lipinski definition) is 0. The van der Waals surface area contributed by atoms with Crippen LogP contribution in [0, 0.1) is 18.8 Å². The molecule has 4 heteroatoms. The van der Waals surface area contributed by atoms with Crippen LogP contribution in [0.15, 0.2) is 12.1 Å². The van der Waals surface area contributed by atoms with Crippen molar-refractivity contribution in [3.8, 4) is 11.8 Å². The molecule has 1 heterocycles. The van der Waals surface area contributed by atoms with Crippen LogP contribution >= 0.6 is 0 Å². The van der Waals surface area contributed by atoms with Crippen LogP contribution in [0.3, 0.4) is 0 Å². The highest BCUT2D eigenvalue weighted by Crippen LogP contribution is 2.06. The first-order chi connectivity index (χ1) is 7.37. The van der Waals surface area contributed by atoms with Crippen LogP contribution in [-0.4, -0.2) is 21.8 Å². The summed E-state index contributed by atoms with van der Waals surface area (Å²) in [6, 6.07) is 3.49. The van der Waals surface area contributed by atoms with E-state index in [0.717, 1.165) is 5.69 Å². The van der Waals surface area contributed by atoms with Gasteiger partial charge in [0.2, 0.25) is 0 Å². The Morgan fingerprint density at radius 3 is 2.50 bits per heavy atom. The number of esters is 1. The zero-order valence-corrected chi connectivity index (χ0v) is 9.87. The van der Waals surface area contributed by atoms with Crippen molar-refractivity contribution in [2.75, 3.05) is 0 Å². The molecule has 16 heavy (non-hydrogen) atoms. The fourth-order valence-electron chi connectivity index (χ4n) is 0.884. The minimum absolute atomic E-state index is 0.455. The van der Waals surface area contributed by atoms with Crippen molar-refractivity contribution in [3.63, 3.8) is 0 Å². The molecule has 0 aliphatic carbocycles. The van der Waals surface area contributed by atoms with Gasteiger partial charge in [0.15, 0.2) is 0 Å². The average Bonchev–Trinajstić information content (AvgIpc) is 2.14. The number of aromatic nitrogens is 2. The third-order valence-electron chi connectivity index (χ3n) is 1.49. The molecule has 1 aromatic heterocycles. The van der Waals surface area contributed by atoms with Gasteiger partial charge in [-0.05, 0) is 45.7 Å². The zero-order chi connectivity index (χ0) is 12.2. The Morgan fingerprint density at radius 1 is 1.31 bits per heavy atom. The Labute approximate surface area is 95.0 Å². The Kier molecular flexibility index (Phi) is 3.62. The summed E-state index contributed by atoms with van der Waals surface area (Å²) in [7, 11) is 0. The third-order valence-corrected chi connectivity index (χ3v) is 1.49. The second-order valence-corrected chi connectivity index (χ2v) is 4.31. The van der Waals surface area contributed by atoms with E-state index in [1.165, 1.54) is 0 Å². The van der Waals surface area contributed by atoms with Crippen LogP contribution in [0.5, 0.6) is 0 Å². The van der Waals surface area contributed by atoms with Crippen molar-refractivity contribution >= 4 is 5.97 Å². The lowest BCUT2D eigenvalue weighted by molar-refractivity contribution is -0.147. The summed E-state index contributed by atoms with van der Waals surface area (Å²) in [6.07, 6.45) is 0. The molecule has 0 amide bonds. The number of aryl methyl sites for hydroxylation is 1. The highest BCUT2D eigenvalue weighted by Gasteiger charge is 2.14. The Hall–Kier alpha value is -1.89. The molecule has 0 saturated carbocycles. The highest BCUT2D eigenvalue weighted by atomic mass is 16.6. The van der Waals surface area contributed by atoms with Gasteiger partial charge in [0, 0.05) is 5.92 Å². The maximum Gasteiger partial charge on any atom is 0.385 e. The van der Waals surface area contributed by atoms with Gasteiger partial charge < -0.3 is 4.74 Å². The van der Waals surface area contributed by atoms with Gasteiger partial charge in [-0.25, -0.2) is 4.79 Å². The largest absolute Gasteiger partial charge is 0.450 e. The van der Waals surface area contributed by atoms with Crippen molar-refractivity contribution in [3.05, 3.63) is 23.5 Å². The first-order valence-electron chi connectivity index (χ1n) is 4.92. The lowest BCUT2D eigenvalue weighted by atomic mass is 10.2. The normalized spacial score (nSPS) is 10.2. The molecule has 0 aromatic carbocycles. The molecule has 0 N–H and O–H groups in total. The Balaban J connectivity index is 2.68. The monoisotopic (exact) mass is 218 g/mol. The lowest BCUT2D eigenvalue weighted by Crippen LogP contribution is -2.22. The fourth-order valence-corrected chi connectivity index (χ4v) is 0.884. The van der Waals surface area contributed by atoms with Crippen molar-refractivity contribution in [1.82, 2.24) is 10.2 Å². The molecule has 0 radical (unpaired) electrons. The van der Waals surface area contributed by atoms with Crippen molar-refractivity contribution < 1.29 is 9.53 Å². The van der Waals surface area contributed by atoms with E-state index < -0.39 is 11.6 Å². The molecule has 1 aromatic rings. The topological polar surface area (TPSA) is 52.1 Å². The summed E-state index contributed by atoms with van der Waals surface area (Å²) in [5.74, 6) is 4.40. The van der Waals surface area contributed by atoms with Gasteiger partial charge in [-0.3, -0.25) is 0 Å². The van der Waals surface area contributed by atoms with Crippen molar-refractivity contribution in [2.45, 2.75) is 33.3 Å². The van der Waals surface area contributed by atoms with Crippen LogP contribution in [0.25, 0.3) is 0 Å². The standard InChI is InChI=1S/C12H14N2O2/c1-9-5-6-10(14-13-9)7-8-11(15)16-12(2,3)4/h5-6H,1-4H3. The molecule has 0 aliphatic rings. The van der Waals surface area contributed by atoms with E-state index in [4.69, 9.17) is 4.74 Å². The zero-order valence-electron chi connectivity index (χ0n) is 9.87.